The Morgan fingerprint density at radius 3 is 2.73 bits per heavy atom. The molecule has 1 atom stereocenters. The van der Waals surface area contributed by atoms with Gasteiger partial charge in [-0.25, -0.2) is 0 Å². The van der Waals surface area contributed by atoms with Crippen LogP contribution in [0.4, 0.5) is 4.79 Å². The van der Waals surface area contributed by atoms with Gasteiger partial charge in [-0.15, -0.1) is 0 Å². The number of carbonyl (C=O) groups is 3. The predicted octanol–water partition coefficient (Wildman–Crippen LogP) is 2.30. The Morgan fingerprint density at radius 2 is 2.04 bits per heavy atom. The van der Waals surface area contributed by atoms with Gasteiger partial charge in [0.05, 0.1) is 4.91 Å². The van der Waals surface area contributed by atoms with Crippen molar-refractivity contribution in [2.45, 2.75) is 13.0 Å². The highest BCUT2D eigenvalue weighted by atomic mass is 32.2. The predicted molar refractivity (Wildman–Crippen MR) is 99.1 cm³/mol. The van der Waals surface area contributed by atoms with E-state index >= 15 is 0 Å². The molecule has 1 unspecified atom stereocenters. The van der Waals surface area contributed by atoms with E-state index in [-0.39, 0.29) is 30.1 Å². The Morgan fingerprint density at radius 1 is 1.27 bits per heavy atom. The molecule has 134 valence electrons. The lowest BCUT2D eigenvalue weighted by Gasteiger charge is -2.15. The first-order chi connectivity index (χ1) is 12.6. The van der Waals surface area contributed by atoms with E-state index in [2.05, 4.69) is 10.4 Å². The van der Waals surface area contributed by atoms with Gasteiger partial charge >= 0.3 is 0 Å². The number of nitrogens with zero attached hydrogens (tertiary/aromatic N) is 3. The summed E-state index contributed by atoms with van der Waals surface area (Å²) in [4.78, 5) is 38.1. The Kier molecular flexibility index (Phi) is 5.52. The summed E-state index contributed by atoms with van der Waals surface area (Å²) >= 11 is 0.912. The molecule has 1 fully saturated rings. The summed E-state index contributed by atoms with van der Waals surface area (Å²) in [6.45, 7) is 2.06. The summed E-state index contributed by atoms with van der Waals surface area (Å²) in [6, 6.07) is 10.6. The highest BCUT2D eigenvalue weighted by Crippen LogP contribution is 2.31. The molecule has 1 aromatic carbocycles. The highest BCUT2D eigenvalue weighted by molar-refractivity contribution is 8.18. The third-order valence-corrected chi connectivity index (χ3v) is 4.81. The van der Waals surface area contributed by atoms with Gasteiger partial charge in [-0.1, -0.05) is 30.3 Å². The van der Waals surface area contributed by atoms with Crippen LogP contribution in [-0.4, -0.2) is 44.8 Å². The van der Waals surface area contributed by atoms with Crippen LogP contribution in [0.1, 0.15) is 18.5 Å². The number of imide groups is 1. The van der Waals surface area contributed by atoms with Crippen molar-refractivity contribution >= 4 is 34.9 Å². The van der Waals surface area contributed by atoms with Crippen molar-refractivity contribution < 1.29 is 14.4 Å². The van der Waals surface area contributed by atoms with Gasteiger partial charge in [0.25, 0.3) is 11.1 Å². The van der Waals surface area contributed by atoms with Crippen molar-refractivity contribution in [3.8, 4) is 0 Å². The first kappa shape index (κ1) is 17.9. The quantitative estimate of drug-likeness (QED) is 0.789. The Bertz CT molecular complexity index is 833. The molecule has 1 N–H and O–H groups in total. The molecule has 0 saturated carbocycles. The van der Waals surface area contributed by atoms with E-state index < -0.39 is 6.04 Å². The van der Waals surface area contributed by atoms with E-state index in [1.54, 1.807) is 31.5 Å². The maximum Gasteiger partial charge on any atom is 0.293 e. The fraction of sp³-hybridized carbons (Fsp3) is 0.222. The molecule has 1 saturated heterocycles. The highest BCUT2D eigenvalue weighted by Gasteiger charge is 2.34. The normalized spacial score (nSPS) is 17.0. The summed E-state index contributed by atoms with van der Waals surface area (Å²) < 4.78 is 1.54. The van der Waals surface area contributed by atoms with E-state index in [1.807, 2.05) is 30.3 Å². The topological polar surface area (TPSA) is 84.3 Å². The Balaban J connectivity index is 1.55. The van der Waals surface area contributed by atoms with E-state index in [0.717, 1.165) is 22.2 Å². The number of hydrogen-bond donors (Lipinski definition) is 1. The van der Waals surface area contributed by atoms with Gasteiger partial charge < -0.3 is 5.32 Å². The van der Waals surface area contributed by atoms with E-state index in [0.29, 0.717) is 4.91 Å². The van der Waals surface area contributed by atoms with E-state index in [1.165, 1.54) is 4.68 Å². The van der Waals surface area contributed by atoms with Crippen molar-refractivity contribution in [2.24, 2.45) is 0 Å². The molecule has 0 spiro atoms. The van der Waals surface area contributed by atoms with Crippen LogP contribution >= 0.6 is 11.8 Å². The van der Waals surface area contributed by atoms with Gasteiger partial charge in [0.15, 0.2) is 0 Å². The molecule has 7 nitrogen and oxygen atoms in total. The molecule has 0 radical (unpaired) electrons. The number of hydrogen-bond acceptors (Lipinski definition) is 5. The lowest BCUT2D eigenvalue weighted by Crippen LogP contribution is -2.39. The number of carbonyl (C=O) groups excluding carboxylic acids is 3. The van der Waals surface area contributed by atoms with Crippen molar-refractivity contribution in [1.29, 1.82) is 0 Å². The second kappa shape index (κ2) is 8.01. The van der Waals surface area contributed by atoms with Crippen molar-refractivity contribution in [2.75, 3.05) is 13.1 Å². The van der Waals surface area contributed by atoms with Crippen LogP contribution in [0.2, 0.25) is 0 Å². The largest absolute Gasteiger partial charge is 0.352 e. The fourth-order valence-electron chi connectivity index (χ4n) is 2.46. The Hall–Kier alpha value is -2.87. The molecule has 0 aliphatic carbocycles. The maximum atomic E-state index is 12.4. The molecule has 1 aliphatic heterocycles. The second-order valence-electron chi connectivity index (χ2n) is 5.70. The zero-order chi connectivity index (χ0) is 18.5. The third-order valence-electron chi connectivity index (χ3n) is 3.91. The molecule has 1 aromatic heterocycles. The molecule has 1 aliphatic rings. The van der Waals surface area contributed by atoms with E-state index in [4.69, 9.17) is 0 Å². The first-order valence-electron chi connectivity index (χ1n) is 8.13. The summed E-state index contributed by atoms with van der Waals surface area (Å²) in [5.74, 6) is -0.557. The Labute approximate surface area is 155 Å². The van der Waals surface area contributed by atoms with Crippen LogP contribution in [-0.2, 0) is 9.59 Å². The average Bonchev–Trinajstić information content (AvgIpc) is 3.26. The number of thioether (sulfide) groups is 1. The van der Waals surface area contributed by atoms with Gasteiger partial charge in [0.1, 0.15) is 6.04 Å². The van der Waals surface area contributed by atoms with Crippen LogP contribution < -0.4 is 5.32 Å². The molecular weight excluding hydrogens is 352 g/mol. The molecule has 8 heteroatoms. The summed E-state index contributed by atoms with van der Waals surface area (Å²) in [5.41, 5.74) is 0.861. The van der Waals surface area contributed by atoms with Crippen LogP contribution in [0.25, 0.3) is 6.08 Å². The van der Waals surface area contributed by atoms with Crippen LogP contribution in [0.5, 0.6) is 0 Å². The van der Waals surface area contributed by atoms with Crippen LogP contribution in [0.15, 0.2) is 53.7 Å². The number of amides is 3. The zero-order valence-electron chi connectivity index (χ0n) is 14.2. The lowest BCUT2D eigenvalue weighted by molar-refractivity contribution is -0.125. The SMILES string of the molecule is CC(C(=O)NCCN1C(=O)S/C(=C\c2ccccc2)C1=O)n1cccn1. The maximum absolute atomic E-state index is 12.4. The van der Waals surface area contributed by atoms with Crippen molar-refractivity contribution in [3.05, 3.63) is 59.3 Å². The standard InChI is InChI=1S/C18H18N4O3S/c1-13(22-10-5-8-20-22)16(23)19-9-11-21-17(24)15(26-18(21)25)12-14-6-3-2-4-7-14/h2-8,10,12-13H,9,11H2,1H3,(H,19,23)/b15-12-. The van der Waals surface area contributed by atoms with Crippen molar-refractivity contribution in [1.82, 2.24) is 20.0 Å². The molecular formula is C18H18N4O3S. The molecule has 26 heavy (non-hydrogen) atoms. The number of nitrogens with one attached hydrogen (secondary N) is 1. The third kappa shape index (κ3) is 4.02. The second-order valence-corrected chi connectivity index (χ2v) is 6.69. The first-order valence-corrected chi connectivity index (χ1v) is 8.95. The number of benzene rings is 1. The van der Waals surface area contributed by atoms with Crippen LogP contribution in [0, 0.1) is 0 Å². The monoisotopic (exact) mass is 370 g/mol. The molecule has 0 bridgehead atoms. The lowest BCUT2D eigenvalue weighted by atomic mass is 10.2. The summed E-state index contributed by atoms with van der Waals surface area (Å²) in [7, 11) is 0. The minimum Gasteiger partial charge on any atom is -0.352 e. The van der Waals surface area contributed by atoms with Crippen molar-refractivity contribution in [3.63, 3.8) is 0 Å². The molecule has 3 rings (SSSR count). The number of rotatable bonds is 6. The molecule has 2 heterocycles. The average molecular weight is 370 g/mol. The van der Waals surface area contributed by atoms with Gasteiger partial charge in [-0.2, -0.15) is 5.10 Å². The van der Waals surface area contributed by atoms with Gasteiger partial charge in [0.2, 0.25) is 5.91 Å². The van der Waals surface area contributed by atoms with E-state index in [9.17, 15) is 14.4 Å². The summed E-state index contributed by atoms with van der Waals surface area (Å²) in [6.07, 6.45) is 5.00. The minimum absolute atomic E-state index is 0.133. The fourth-order valence-corrected chi connectivity index (χ4v) is 3.33. The smallest absolute Gasteiger partial charge is 0.293 e. The van der Waals surface area contributed by atoms with Gasteiger partial charge in [-0.05, 0) is 36.4 Å². The molecule has 3 amide bonds. The zero-order valence-corrected chi connectivity index (χ0v) is 15.0. The van der Waals surface area contributed by atoms with Gasteiger partial charge in [0, 0.05) is 25.5 Å². The molecule has 2 aromatic rings. The summed E-state index contributed by atoms with van der Waals surface area (Å²) in [5, 5.41) is 6.42. The van der Waals surface area contributed by atoms with Gasteiger partial charge in [-0.3, -0.25) is 24.0 Å². The van der Waals surface area contributed by atoms with Crippen LogP contribution in [0.3, 0.4) is 0 Å². The minimum atomic E-state index is -0.460. The number of aromatic nitrogens is 2.